The summed E-state index contributed by atoms with van der Waals surface area (Å²) in [6, 6.07) is 16.0. The number of Topliss-reactive ketones (excluding diaryl/α,β-unsaturated/α-hetero) is 1. The minimum Gasteiger partial charge on any atom is -0.377 e. The third-order valence-corrected chi connectivity index (χ3v) is 3.39. The first kappa shape index (κ1) is 15.9. The highest BCUT2D eigenvalue weighted by Gasteiger charge is 2.20. The molecule has 0 unspecified atom stereocenters. The average molecular weight is 296 g/mol. The van der Waals surface area contributed by atoms with Crippen molar-refractivity contribution in [2.75, 3.05) is 6.73 Å². The van der Waals surface area contributed by atoms with E-state index in [1.54, 1.807) is 0 Å². The number of benzene rings is 2. The second-order valence-electron chi connectivity index (χ2n) is 4.81. The number of hydrogen-bond donors (Lipinski definition) is 2. The van der Waals surface area contributed by atoms with Crippen LogP contribution in [0.1, 0.15) is 22.3 Å². The highest BCUT2D eigenvalue weighted by molar-refractivity contribution is 6.07. The van der Waals surface area contributed by atoms with Crippen molar-refractivity contribution in [2.45, 2.75) is 12.8 Å². The second-order valence-corrected chi connectivity index (χ2v) is 4.81. The lowest BCUT2D eigenvalue weighted by atomic mass is 9.85. The molecule has 22 heavy (non-hydrogen) atoms. The zero-order valence-electron chi connectivity index (χ0n) is 12.2. The van der Waals surface area contributed by atoms with Gasteiger partial charge in [0.05, 0.1) is 0 Å². The van der Waals surface area contributed by atoms with Crippen molar-refractivity contribution in [1.29, 1.82) is 0 Å². The van der Waals surface area contributed by atoms with Crippen LogP contribution in [0.15, 0.2) is 48.5 Å². The Balaban J connectivity index is 0.000000217. The molecule has 113 valence electrons. The van der Waals surface area contributed by atoms with Crippen LogP contribution in [0.25, 0.3) is 11.1 Å². The molecule has 1 amide bonds. The van der Waals surface area contributed by atoms with E-state index < -0.39 is 0 Å². The minimum atomic E-state index is -0.297. The van der Waals surface area contributed by atoms with Gasteiger partial charge in [-0.05, 0) is 23.6 Å². The molecule has 0 heterocycles. The van der Waals surface area contributed by atoms with E-state index >= 15 is 0 Å². The normalized spacial score (nSPS) is 11.6. The molecule has 0 aromatic heterocycles. The highest BCUT2D eigenvalue weighted by atomic mass is 16.3. The predicted molar refractivity (Wildman–Crippen MR) is 85.1 cm³/mol. The van der Waals surface area contributed by atoms with Crippen molar-refractivity contribution in [3.8, 4) is 11.1 Å². The zero-order chi connectivity index (χ0) is 15.9. The summed E-state index contributed by atoms with van der Waals surface area (Å²) in [5.74, 6) is -0.00759. The van der Waals surface area contributed by atoms with E-state index in [0.717, 1.165) is 16.7 Å². The Morgan fingerprint density at radius 1 is 1.05 bits per heavy atom. The number of amides is 1. The summed E-state index contributed by atoms with van der Waals surface area (Å²) < 4.78 is 0. The van der Waals surface area contributed by atoms with Gasteiger partial charge in [0.2, 0.25) is 5.91 Å². The summed E-state index contributed by atoms with van der Waals surface area (Å²) in [5, 5.41) is 10.2. The molecule has 1 radical (unpaired) electrons. The smallest absolute Gasteiger partial charge is 0.221 e. The maximum Gasteiger partial charge on any atom is 0.221 e. The molecule has 1 aliphatic rings. The molecular formula is C18H18NO3. The number of ketones is 1. The molecule has 4 nitrogen and oxygen atoms in total. The van der Waals surface area contributed by atoms with Crippen LogP contribution >= 0.6 is 0 Å². The van der Waals surface area contributed by atoms with Crippen LogP contribution in [0.3, 0.4) is 0 Å². The lowest BCUT2D eigenvalue weighted by Crippen LogP contribution is -2.22. The van der Waals surface area contributed by atoms with E-state index in [0.29, 0.717) is 6.42 Å². The third kappa shape index (κ3) is 3.59. The Hall–Kier alpha value is -2.46. The molecular weight excluding hydrogens is 278 g/mol. The van der Waals surface area contributed by atoms with Crippen LogP contribution in [0.4, 0.5) is 0 Å². The first-order valence-corrected chi connectivity index (χ1v) is 7.04. The number of aliphatic hydroxyl groups excluding tert-OH is 1. The van der Waals surface area contributed by atoms with Crippen molar-refractivity contribution < 1.29 is 14.7 Å². The van der Waals surface area contributed by atoms with Crippen LogP contribution in [-0.4, -0.2) is 23.5 Å². The summed E-state index contributed by atoms with van der Waals surface area (Å²) in [6.07, 6.45) is 0.716. The van der Waals surface area contributed by atoms with E-state index in [9.17, 15) is 9.59 Å². The highest BCUT2D eigenvalue weighted by Crippen LogP contribution is 2.32. The molecule has 1 aliphatic carbocycles. The quantitative estimate of drug-likeness (QED) is 0.836. The number of fused-ring (bicyclic) bond motifs is 3. The van der Waals surface area contributed by atoms with E-state index in [4.69, 9.17) is 5.11 Å². The molecule has 0 fully saturated rings. The second kappa shape index (κ2) is 7.52. The molecule has 0 spiro atoms. The average Bonchev–Trinajstić information content (AvgIpc) is 2.56. The van der Waals surface area contributed by atoms with Crippen LogP contribution in [0.5, 0.6) is 0 Å². The first-order valence-electron chi connectivity index (χ1n) is 7.04. The van der Waals surface area contributed by atoms with Crippen molar-refractivity contribution in [2.24, 2.45) is 0 Å². The topological polar surface area (TPSA) is 66.4 Å². The number of nitrogens with one attached hydrogen (secondary N) is 1. The fourth-order valence-electron chi connectivity index (χ4n) is 2.34. The summed E-state index contributed by atoms with van der Waals surface area (Å²) >= 11 is 0. The molecule has 2 N–H and O–H groups in total. The third-order valence-electron chi connectivity index (χ3n) is 3.39. The Kier molecular flexibility index (Phi) is 5.44. The van der Waals surface area contributed by atoms with Gasteiger partial charge in [0.15, 0.2) is 5.78 Å². The van der Waals surface area contributed by atoms with E-state index in [-0.39, 0.29) is 24.8 Å². The van der Waals surface area contributed by atoms with Gasteiger partial charge in [-0.3, -0.25) is 9.59 Å². The number of hydrogen-bond acceptors (Lipinski definition) is 3. The molecule has 3 rings (SSSR count). The molecule has 0 saturated heterocycles. The fourth-order valence-corrected chi connectivity index (χ4v) is 2.34. The van der Waals surface area contributed by atoms with Gasteiger partial charge in [-0.15, -0.1) is 0 Å². The number of aliphatic hydroxyl groups is 1. The zero-order valence-corrected chi connectivity index (χ0v) is 12.2. The van der Waals surface area contributed by atoms with Gasteiger partial charge in [-0.2, -0.15) is 0 Å². The summed E-state index contributed by atoms with van der Waals surface area (Å²) in [5.41, 5.74) is 4.27. The molecule has 2 aromatic rings. The lowest BCUT2D eigenvalue weighted by Gasteiger charge is -2.18. The SMILES string of the molecule is O=C1Cc2ccccc2-c2ccccc21.[CH2]CC(=O)NCO. The summed E-state index contributed by atoms with van der Waals surface area (Å²) in [6.45, 7) is 2.98. The van der Waals surface area contributed by atoms with E-state index in [1.165, 1.54) is 5.56 Å². The van der Waals surface area contributed by atoms with E-state index in [1.807, 2.05) is 42.5 Å². The Morgan fingerprint density at radius 3 is 2.23 bits per heavy atom. The Bertz CT molecular complexity index is 680. The van der Waals surface area contributed by atoms with Crippen LogP contribution < -0.4 is 5.32 Å². The first-order chi connectivity index (χ1) is 10.7. The molecule has 0 saturated carbocycles. The van der Waals surface area contributed by atoms with Gasteiger partial charge < -0.3 is 10.4 Å². The molecule has 4 heteroatoms. The van der Waals surface area contributed by atoms with Crippen molar-refractivity contribution in [3.63, 3.8) is 0 Å². The van der Waals surface area contributed by atoms with Crippen molar-refractivity contribution in [1.82, 2.24) is 5.32 Å². The monoisotopic (exact) mass is 296 g/mol. The largest absolute Gasteiger partial charge is 0.377 e. The van der Waals surface area contributed by atoms with Gasteiger partial charge >= 0.3 is 0 Å². The van der Waals surface area contributed by atoms with Gasteiger partial charge in [-0.1, -0.05) is 48.5 Å². The predicted octanol–water partition coefficient (Wildman–Crippen LogP) is 2.37. The van der Waals surface area contributed by atoms with Crippen LogP contribution in [-0.2, 0) is 11.2 Å². The number of rotatable bonds is 2. The maximum atomic E-state index is 11.8. The summed E-state index contributed by atoms with van der Waals surface area (Å²) in [4.78, 5) is 21.9. The Morgan fingerprint density at radius 2 is 1.64 bits per heavy atom. The Labute approximate surface area is 129 Å². The fraction of sp³-hybridized carbons (Fsp3) is 0.167. The standard InChI is InChI=1S/C14H10O.C4H8NO2/c15-14-9-10-5-1-2-6-11(10)12-7-3-4-8-13(12)14;1-2-4(7)5-3-6/h1-8H,9H2;6H,1-3H2,(H,5,7). The molecule has 0 bridgehead atoms. The number of carbonyl (C=O) groups excluding carboxylic acids is 2. The van der Waals surface area contributed by atoms with E-state index in [2.05, 4.69) is 18.3 Å². The van der Waals surface area contributed by atoms with Crippen LogP contribution in [0.2, 0.25) is 0 Å². The molecule has 0 atom stereocenters. The summed E-state index contributed by atoms with van der Waals surface area (Å²) in [7, 11) is 0. The lowest BCUT2D eigenvalue weighted by molar-refractivity contribution is -0.121. The molecule has 0 aliphatic heterocycles. The molecule has 2 aromatic carbocycles. The van der Waals surface area contributed by atoms with Gasteiger partial charge in [0.1, 0.15) is 6.73 Å². The minimum absolute atomic E-state index is 0.181. The maximum absolute atomic E-state index is 11.8. The van der Waals surface area contributed by atoms with Crippen LogP contribution in [0, 0.1) is 6.92 Å². The van der Waals surface area contributed by atoms with Gasteiger partial charge in [0.25, 0.3) is 0 Å². The van der Waals surface area contributed by atoms with Crippen molar-refractivity contribution >= 4 is 11.7 Å². The number of carbonyl (C=O) groups is 2. The van der Waals surface area contributed by atoms with Gasteiger partial charge in [0, 0.05) is 18.4 Å². The van der Waals surface area contributed by atoms with Crippen molar-refractivity contribution in [3.05, 3.63) is 66.6 Å². The van der Waals surface area contributed by atoms with Gasteiger partial charge in [-0.25, -0.2) is 0 Å².